The highest BCUT2D eigenvalue weighted by Gasteiger charge is 2.16. The summed E-state index contributed by atoms with van der Waals surface area (Å²) in [5.41, 5.74) is 9.69. The standard InChI is InChI=1S/C20H24N2O2/c1-3-24-19-9-8-14(11-20(19)23-2)10-15(12-21)17-13-22-18-7-5-4-6-16(17)18/h4-9,11,13,15,22H,3,10,12,21H2,1-2H3. The number of para-hydroxylation sites is 1. The highest BCUT2D eigenvalue weighted by Crippen LogP contribution is 2.32. The zero-order valence-electron chi connectivity index (χ0n) is 14.2. The van der Waals surface area contributed by atoms with E-state index in [9.17, 15) is 0 Å². The van der Waals surface area contributed by atoms with Gasteiger partial charge in [0.15, 0.2) is 11.5 Å². The average molecular weight is 324 g/mol. The minimum atomic E-state index is 0.254. The lowest BCUT2D eigenvalue weighted by molar-refractivity contribution is 0.310. The van der Waals surface area contributed by atoms with Gasteiger partial charge in [0.1, 0.15) is 0 Å². The lowest BCUT2D eigenvalue weighted by Gasteiger charge is -2.16. The summed E-state index contributed by atoms with van der Waals surface area (Å²) in [5.74, 6) is 1.80. The van der Waals surface area contributed by atoms with E-state index in [2.05, 4.69) is 35.4 Å². The molecule has 126 valence electrons. The number of ether oxygens (including phenoxy) is 2. The molecule has 0 aliphatic carbocycles. The van der Waals surface area contributed by atoms with Gasteiger partial charge in [0.2, 0.25) is 0 Å². The first kappa shape index (κ1) is 16.4. The first-order valence-electron chi connectivity index (χ1n) is 8.32. The Hall–Kier alpha value is -2.46. The van der Waals surface area contributed by atoms with E-state index in [1.807, 2.05) is 25.1 Å². The Kier molecular flexibility index (Phi) is 5.06. The molecular formula is C20H24N2O2. The molecule has 1 atom stereocenters. The van der Waals surface area contributed by atoms with Crippen LogP contribution in [0.5, 0.6) is 11.5 Å². The molecule has 2 aromatic carbocycles. The van der Waals surface area contributed by atoms with E-state index in [-0.39, 0.29) is 5.92 Å². The number of fused-ring (bicyclic) bond motifs is 1. The number of benzene rings is 2. The van der Waals surface area contributed by atoms with Crippen molar-refractivity contribution >= 4 is 10.9 Å². The van der Waals surface area contributed by atoms with E-state index in [4.69, 9.17) is 15.2 Å². The number of nitrogens with two attached hydrogens (primary N) is 1. The molecule has 1 heterocycles. The molecule has 4 nitrogen and oxygen atoms in total. The van der Waals surface area contributed by atoms with Gasteiger partial charge in [-0.1, -0.05) is 24.3 Å². The molecule has 1 unspecified atom stereocenters. The molecule has 3 rings (SSSR count). The maximum Gasteiger partial charge on any atom is 0.161 e. The first-order valence-corrected chi connectivity index (χ1v) is 8.32. The highest BCUT2D eigenvalue weighted by atomic mass is 16.5. The van der Waals surface area contributed by atoms with Crippen molar-refractivity contribution in [3.63, 3.8) is 0 Å². The molecule has 3 N–H and O–H groups in total. The van der Waals surface area contributed by atoms with Gasteiger partial charge in [0.05, 0.1) is 13.7 Å². The van der Waals surface area contributed by atoms with Gasteiger partial charge in [-0.15, -0.1) is 0 Å². The molecule has 0 aliphatic heterocycles. The molecule has 0 bridgehead atoms. The summed E-state index contributed by atoms with van der Waals surface area (Å²) in [6.45, 7) is 3.18. The fourth-order valence-electron chi connectivity index (χ4n) is 3.15. The third-order valence-electron chi connectivity index (χ3n) is 4.36. The minimum Gasteiger partial charge on any atom is -0.493 e. The Balaban J connectivity index is 1.88. The summed E-state index contributed by atoms with van der Waals surface area (Å²) in [5, 5.41) is 1.24. The number of nitrogens with one attached hydrogen (secondary N) is 1. The molecule has 0 saturated carbocycles. The minimum absolute atomic E-state index is 0.254. The van der Waals surface area contributed by atoms with Crippen LogP contribution in [0.4, 0.5) is 0 Å². The zero-order chi connectivity index (χ0) is 16.9. The van der Waals surface area contributed by atoms with E-state index < -0.39 is 0 Å². The zero-order valence-corrected chi connectivity index (χ0v) is 14.2. The largest absolute Gasteiger partial charge is 0.493 e. The number of H-pyrrole nitrogens is 1. The van der Waals surface area contributed by atoms with Crippen LogP contribution in [0.15, 0.2) is 48.7 Å². The van der Waals surface area contributed by atoms with Gasteiger partial charge in [-0.3, -0.25) is 0 Å². The molecule has 0 saturated heterocycles. The van der Waals surface area contributed by atoms with Crippen LogP contribution in [0.25, 0.3) is 10.9 Å². The van der Waals surface area contributed by atoms with Crippen LogP contribution < -0.4 is 15.2 Å². The van der Waals surface area contributed by atoms with Crippen LogP contribution in [0.2, 0.25) is 0 Å². The molecule has 0 aliphatic rings. The topological polar surface area (TPSA) is 60.3 Å². The molecule has 24 heavy (non-hydrogen) atoms. The van der Waals surface area contributed by atoms with Crippen LogP contribution >= 0.6 is 0 Å². The van der Waals surface area contributed by atoms with E-state index in [1.54, 1.807) is 7.11 Å². The second kappa shape index (κ2) is 7.41. The number of aromatic nitrogens is 1. The lowest BCUT2D eigenvalue weighted by atomic mass is 9.91. The van der Waals surface area contributed by atoms with Gasteiger partial charge in [0.25, 0.3) is 0 Å². The van der Waals surface area contributed by atoms with Crippen LogP contribution in [0, 0.1) is 0 Å². The molecule has 0 spiro atoms. The summed E-state index contributed by atoms with van der Waals surface area (Å²) < 4.78 is 11.0. The molecule has 0 radical (unpaired) electrons. The molecular weight excluding hydrogens is 300 g/mol. The van der Waals surface area contributed by atoms with Gasteiger partial charge < -0.3 is 20.2 Å². The van der Waals surface area contributed by atoms with Crippen LogP contribution in [-0.2, 0) is 6.42 Å². The molecule has 4 heteroatoms. The maximum absolute atomic E-state index is 6.08. The van der Waals surface area contributed by atoms with Crippen LogP contribution in [-0.4, -0.2) is 25.2 Å². The van der Waals surface area contributed by atoms with Crippen molar-refractivity contribution in [2.24, 2.45) is 5.73 Å². The van der Waals surface area contributed by atoms with Gasteiger partial charge in [-0.2, -0.15) is 0 Å². The fourth-order valence-corrected chi connectivity index (χ4v) is 3.15. The third-order valence-corrected chi connectivity index (χ3v) is 4.36. The first-order chi connectivity index (χ1) is 11.8. The van der Waals surface area contributed by atoms with Crippen molar-refractivity contribution in [1.82, 2.24) is 4.98 Å². The number of methoxy groups -OCH3 is 1. The predicted octanol–water partition coefficient (Wildman–Crippen LogP) is 3.86. The van der Waals surface area contributed by atoms with Crippen molar-refractivity contribution in [2.45, 2.75) is 19.3 Å². The summed E-state index contributed by atoms with van der Waals surface area (Å²) in [7, 11) is 1.67. The summed E-state index contributed by atoms with van der Waals surface area (Å²) in [6, 6.07) is 14.4. The van der Waals surface area contributed by atoms with Gasteiger partial charge in [-0.05, 0) is 49.2 Å². The third kappa shape index (κ3) is 3.24. The Morgan fingerprint density at radius 3 is 2.71 bits per heavy atom. The fraction of sp³-hybridized carbons (Fsp3) is 0.300. The van der Waals surface area contributed by atoms with Crippen molar-refractivity contribution in [3.05, 3.63) is 59.8 Å². The second-order valence-electron chi connectivity index (χ2n) is 5.84. The van der Waals surface area contributed by atoms with Crippen molar-refractivity contribution in [2.75, 3.05) is 20.3 Å². The molecule has 3 aromatic rings. The smallest absolute Gasteiger partial charge is 0.161 e. The number of hydrogen-bond acceptors (Lipinski definition) is 3. The molecule has 1 aromatic heterocycles. The normalized spacial score (nSPS) is 12.3. The maximum atomic E-state index is 6.08. The summed E-state index contributed by atoms with van der Waals surface area (Å²) in [4.78, 5) is 3.34. The SMILES string of the molecule is CCOc1ccc(CC(CN)c2c[nH]c3ccccc23)cc1OC. The average Bonchev–Trinajstić information content (AvgIpc) is 3.05. The van der Waals surface area contributed by atoms with E-state index in [0.29, 0.717) is 13.2 Å². The monoisotopic (exact) mass is 324 g/mol. The van der Waals surface area contributed by atoms with E-state index >= 15 is 0 Å². The van der Waals surface area contributed by atoms with Gasteiger partial charge >= 0.3 is 0 Å². The summed E-state index contributed by atoms with van der Waals surface area (Å²) >= 11 is 0. The summed E-state index contributed by atoms with van der Waals surface area (Å²) in [6.07, 6.45) is 2.94. The van der Waals surface area contributed by atoms with Crippen molar-refractivity contribution in [3.8, 4) is 11.5 Å². The predicted molar refractivity (Wildman–Crippen MR) is 98.0 cm³/mol. The molecule has 0 fully saturated rings. The highest BCUT2D eigenvalue weighted by molar-refractivity contribution is 5.83. The van der Waals surface area contributed by atoms with E-state index in [0.717, 1.165) is 23.4 Å². The quantitative estimate of drug-likeness (QED) is 0.694. The van der Waals surface area contributed by atoms with E-state index in [1.165, 1.54) is 16.5 Å². The number of aromatic amines is 1. The Morgan fingerprint density at radius 2 is 1.96 bits per heavy atom. The Labute approximate surface area is 142 Å². The Morgan fingerprint density at radius 1 is 1.12 bits per heavy atom. The van der Waals surface area contributed by atoms with Crippen molar-refractivity contribution in [1.29, 1.82) is 0 Å². The lowest BCUT2D eigenvalue weighted by Crippen LogP contribution is -2.15. The van der Waals surface area contributed by atoms with Crippen LogP contribution in [0.1, 0.15) is 24.0 Å². The van der Waals surface area contributed by atoms with Crippen molar-refractivity contribution < 1.29 is 9.47 Å². The van der Waals surface area contributed by atoms with Gasteiger partial charge in [0, 0.05) is 23.0 Å². The van der Waals surface area contributed by atoms with Gasteiger partial charge in [-0.25, -0.2) is 0 Å². The number of hydrogen-bond donors (Lipinski definition) is 2. The van der Waals surface area contributed by atoms with Crippen LogP contribution in [0.3, 0.4) is 0 Å². The second-order valence-corrected chi connectivity index (χ2v) is 5.84. The molecule has 0 amide bonds. The Bertz CT molecular complexity index is 810. The number of rotatable bonds is 7.